The van der Waals surface area contributed by atoms with Crippen LogP contribution in [0, 0.1) is 0 Å². The van der Waals surface area contributed by atoms with Crippen LogP contribution in [0.5, 0.6) is 0 Å². The smallest absolute Gasteiger partial charge is 0.0297 e. The fraction of sp³-hybridized carbons (Fsp3) is 0.333. The van der Waals surface area contributed by atoms with Crippen LogP contribution in [0.4, 0.5) is 0 Å². The highest BCUT2D eigenvalue weighted by Gasteiger charge is 2.04. The molecule has 0 fully saturated rings. The molecule has 1 aliphatic rings. The Morgan fingerprint density at radius 1 is 1.44 bits per heavy atom. The molecule has 9 heavy (non-hydrogen) atoms. The summed E-state index contributed by atoms with van der Waals surface area (Å²) in [4.78, 5) is 0. The van der Waals surface area contributed by atoms with Crippen molar-refractivity contribution in [1.82, 2.24) is 0 Å². The maximum absolute atomic E-state index is 3.89. The molecule has 1 rings (SSSR count). The molecule has 0 amide bonds. The molecule has 0 heterocycles. The van der Waals surface area contributed by atoms with E-state index in [0.29, 0.717) is 0 Å². The Labute approximate surface area is 56.6 Å². The zero-order valence-corrected chi connectivity index (χ0v) is 6.07. The predicted octanol–water partition coefficient (Wildman–Crippen LogP) is 2.84. The van der Waals surface area contributed by atoms with Gasteiger partial charge in [-0.05, 0) is 30.1 Å². The summed E-state index contributed by atoms with van der Waals surface area (Å²) >= 11 is 0. The second-order valence-electron chi connectivity index (χ2n) is 2.36. The molecule has 0 saturated carbocycles. The molecule has 0 atom stereocenters. The van der Waals surface area contributed by atoms with Crippen LogP contribution in [-0.2, 0) is 0 Å². The summed E-state index contributed by atoms with van der Waals surface area (Å²) in [6.45, 7) is 8.18. The topological polar surface area (TPSA) is 0 Å². The Bertz CT molecular complexity index is 192. The van der Waals surface area contributed by atoms with E-state index < -0.39 is 0 Å². The Balaban J connectivity index is 2.92. The van der Waals surface area contributed by atoms with Crippen molar-refractivity contribution in [2.45, 2.75) is 20.3 Å². The quantitative estimate of drug-likeness (QED) is 0.499. The molecule has 0 aromatic heterocycles. The first-order valence-corrected chi connectivity index (χ1v) is 3.32. The van der Waals surface area contributed by atoms with Crippen molar-refractivity contribution < 1.29 is 0 Å². The van der Waals surface area contributed by atoms with Crippen molar-refractivity contribution in [3.05, 3.63) is 35.5 Å². The Morgan fingerprint density at radius 2 is 2.11 bits per heavy atom. The van der Waals surface area contributed by atoms with E-state index in [1.807, 2.05) is 0 Å². The molecule has 0 radical (unpaired) electrons. The lowest BCUT2D eigenvalue weighted by molar-refractivity contribution is 1.13. The number of hydrogen-bond acceptors (Lipinski definition) is 0. The molecule has 0 bridgehead atoms. The van der Waals surface area contributed by atoms with E-state index in [2.05, 4.69) is 32.6 Å². The summed E-state index contributed by atoms with van der Waals surface area (Å²) in [7, 11) is 0. The normalized spacial score (nSPS) is 17.8. The molecule has 0 heteroatoms. The average molecular weight is 120 g/mol. The first kappa shape index (κ1) is 6.34. The van der Waals surface area contributed by atoms with E-state index in [1.165, 1.54) is 16.7 Å². The van der Waals surface area contributed by atoms with Gasteiger partial charge in [-0.25, -0.2) is 0 Å². The summed E-state index contributed by atoms with van der Waals surface area (Å²) in [5.74, 6) is 0. The summed E-state index contributed by atoms with van der Waals surface area (Å²) in [6, 6.07) is 0. The van der Waals surface area contributed by atoms with Gasteiger partial charge in [-0.15, -0.1) is 0 Å². The summed E-state index contributed by atoms with van der Waals surface area (Å²) < 4.78 is 0. The van der Waals surface area contributed by atoms with E-state index in [0.717, 1.165) is 6.42 Å². The van der Waals surface area contributed by atoms with Gasteiger partial charge in [0.05, 0.1) is 0 Å². The van der Waals surface area contributed by atoms with Gasteiger partial charge >= 0.3 is 0 Å². The highest BCUT2D eigenvalue weighted by atomic mass is 14.1. The van der Waals surface area contributed by atoms with Crippen molar-refractivity contribution >= 4 is 0 Å². The van der Waals surface area contributed by atoms with Gasteiger partial charge in [-0.2, -0.15) is 0 Å². The minimum atomic E-state index is 1.13. The van der Waals surface area contributed by atoms with Gasteiger partial charge in [0.1, 0.15) is 0 Å². The average Bonchev–Trinajstić information content (AvgIpc) is 2.15. The molecule has 0 spiro atoms. The maximum atomic E-state index is 3.89. The minimum Gasteiger partial charge on any atom is -0.0915 e. The van der Waals surface area contributed by atoms with Crippen molar-refractivity contribution in [1.29, 1.82) is 0 Å². The van der Waals surface area contributed by atoms with E-state index in [9.17, 15) is 0 Å². The van der Waals surface area contributed by atoms with Crippen LogP contribution in [0.2, 0.25) is 0 Å². The van der Waals surface area contributed by atoms with Gasteiger partial charge in [0.2, 0.25) is 0 Å². The van der Waals surface area contributed by atoms with Crippen LogP contribution < -0.4 is 0 Å². The monoisotopic (exact) mass is 120 g/mol. The van der Waals surface area contributed by atoms with E-state index in [4.69, 9.17) is 0 Å². The molecule has 0 aromatic rings. The predicted molar refractivity (Wildman–Crippen MR) is 41.3 cm³/mol. The minimum absolute atomic E-state index is 1.13. The molecular weight excluding hydrogens is 108 g/mol. The Morgan fingerprint density at radius 3 is 2.33 bits per heavy atom. The van der Waals surface area contributed by atoms with Crippen LogP contribution in [-0.4, -0.2) is 0 Å². The highest BCUT2D eigenvalue weighted by Crippen LogP contribution is 2.24. The van der Waals surface area contributed by atoms with Crippen LogP contribution in [0.25, 0.3) is 0 Å². The summed E-state index contributed by atoms with van der Waals surface area (Å²) in [6.07, 6.45) is 5.35. The Hall–Kier alpha value is -0.780. The molecule has 0 N–H and O–H groups in total. The zero-order valence-electron chi connectivity index (χ0n) is 6.07. The number of rotatable bonds is 1. The SMILES string of the molecule is C=C1C=CC(CC)=C1C. The third kappa shape index (κ3) is 0.973. The third-order valence-corrected chi connectivity index (χ3v) is 1.83. The van der Waals surface area contributed by atoms with Crippen molar-refractivity contribution in [2.75, 3.05) is 0 Å². The lowest BCUT2D eigenvalue weighted by atomic mass is 10.1. The fourth-order valence-electron chi connectivity index (χ4n) is 1.04. The van der Waals surface area contributed by atoms with Crippen molar-refractivity contribution in [3.63, 3.8) is 0 Å². The molecule has 48 valence electrons. The zero-order chi connectivity index (χ0) is 6.85. The third-order valence-electron chi connectivity index (χ3n) is 1.83. The first-order chi connectivity index (χ1) is 4.25. The molecule has 0 unspecified atom stereocenters. The van der Waals surface area contributed by atoms with Gasteiger partial charge in [-0.1, -0.05) is 25.7 Å². The maximum Gasteiger partial charge on any atom is -0.0297 e. The number of hydrogen-bond donors (Lipinski definition) is 0. The molecule has 0 aliphatic heterocycles. The highest BCUT2D eigenvalue weighted by molar-refractivity contribution is 5.50. The second-order valence-corrected chi connectivity index (χ2v) is 2.36. The van der Waals surface area contributed by atoms with Crippen LogP contribution >= 0.6 is 0 Å². The molecule has 0 aromatic carbocycles. The van der Waals surface area contributed by atoms with E-state index in [-0.39, 0.29) is 0 Å². The number of allylic oxidation sites excluding steroid dienone is 5. The van der Waals surface area contributed by atoms with Gasteiger partial charge in [0.15, 0.2) is 0 Å². The van der Waals surface area contributed by atoms with Crippen molar-refractivity contribution in [3.8, 4) is 0 Å². The molecule has 0 nitrogen and oxygen atoms in total. The van der Waals surface area contributed by atoms with Gasteiger partial charge < -0.3 is 0 Å². The van der Waals surface area contributed by atoms with Gasteiger partial charge in [-0.3, -0.25) is 0 Å². The summed E-state index contributed by atoms with van der Waals surface area (Å²) in [5.41, 5.74) is 3.96. The first-order valence-electron chi connectivity index (χ1n) is 3.32. The molecule has 1 aliphatic carbocycles. The second kappa shape index (κ2) is 2.22. The van der Waals surface area contributed by atoms with Crippen LogP contribution in [0.3, 0.4) is 0 Å². The summed E-state index contributed by atoms with van der Waals surface area (Å²) in [5, 5.41) is 0. The van der Waals surface area contributed by atoms with Crippen LogP contribution in [0.15, 0.2) is 35.5 Å². The lowest BCUT2D eigenvalue weighted by Gasteiger charge is -1.96. The fourth-order valence-corrected chi connectivity index (χ4v) is 1.04. The van der Waals surface area contributed by atoms with Crippen molar-refractivity contribution in [2.24, 2.45) is 0 Å². The van der Waals surface area contributed by atoms with Gasteiger partial charge in [0, 0.05) is 0 Å². The largest absolute Gasteiger partial charge is 0.0915 e. The van der Waals surface area contributed by atoms with E-state index in [1.54, 1.807) is 0 Å². The van der Waals surface area contributed by atoms with E-state index >= 15 is 0 Å². The lowest BCUT2D eigenvalue weighted by Crippen LogP contribution is -1.76. The molecule has 0 saturated heterocycles. The molecular formula is C9H12. The van der Waals surface area contributed by atoms with Crippen LogP contribution in [0.1, 0.15) is 20.3 Å². The Kier molecular flexibility index (Phi) is 1.56. The standard InChI is InChI=1S/C9H12/c1-4-9-6-5-7(2)8(9)3/h5-6H,2,4H2,1,3H3. The van der Waals surface area contributed by atoms with Gasteiger partial charge in [0.25, 0.3) is 0 Å².